The first-order valence-corrected chi connectivity index (χ1v) is 7.10. The van der Waals surface area contributed by atoms with E-state index in [-0.39, 0.29) is 22.1 Å². The summed E-state index contributed by atoms with van der Waals surface area (Å²) in [6.07, 6.45) is -3.40. The van der Waals surface area contributed by atoms with Gasteiger partial charge in [0.2, 0.25) is 0 Å². The molecule has 104 valence electrons. The number of pyridine rings is 1. The minimum absolute atomic E-state index is 0.0284. The van der Waals surface area contributed by atoms with Crippen LogP contribution >= 0.6 is 0 Å². The van der Waals surface area contributed by atoms with E-state index in [4.69, 9.17) is 0 Å². The lowest BCUT2D eigenvalue weighted by atomic mass is 10.2. The van der Waals surface area contributed by atoms with Crippen molar-refractivity contribution in [3.05, 3.63) is 29.6 Å². The van der Waals surface area contributed by atoms with Crippen molar-refractivity contribution in [2.24, 2.45) is 0 Å². The molecule has 19 heavy (non-hydrogen) atoms. The Balaban J connectivity index is 2.75. The van der Waals surface area contributed by atoms with Crippen LogP contribution in [0.1, 0.15) is 18.2 Å². The van der Waals surface area contributed by atoms with Crippen molar-refractivity contribution in [1.29, 1.82) is 0 Å². The van der Waals surface area contributed by atoms with Crippen molar-refractivity contribution in [1.82, 2.24) is 9.38 Å². The molecule has 0 aliphatic carbocycles. The summed E-state index contributed by atoms with van der Waals surface area (Å²) in [6.45, 7) is 2.93. The molecule has 0 saturated heterocycles. The van der Waals surface area contributed by atoms with Crippen LogP contribution in [-0.2, 0) is 16.0 Å². The molecular formula is C11H11F3N2O2S. The number of aryl methyl sites for hydroxylation is 1. The molecule has 4 nitrogen and oxygen atoms in total. The van der Waals surface area contributed by atoms with Gasteiger partial charge in [-0.25, -0.2) is 13.4 Å². The highest BCUT2D eigenvalue weighted by atomic mass is 32.2. The summed E-state index contributed by atoms with van der Waals surface area (Å²) in [4.78, 5) is 3.89. The van der Waals surface area contributed by atoms with Gasteiger partial charge in [-0.3, -0.25) is 4.40 Å². The third kappa shape index (κ3) is 2.32. The molecule has 2 aromatic heterocycles. The summed E-state index contributed by atoms with van der Waals surface area (Å²) >= 11 is 0. The van der Waals surface area contributed by atoms with Gasteiger partial charge in [-0.2, -0.15) is 13.2 Å². The number of fused-ring (bicyclic) bond motifs is 1. The molecule has 2 rings (SSSR count). The van der Waals surface area contributed by atoms with Crippen molar-refractivity contribution < 1.29 is 21.6 Å². The molecule has 8 heteroatoms. The molecule has 2 aromatic rings. The molecular weight excluding hydrogens is 281 g/mol. The van der Waals surface area contributed by atoms with Crippen molar-refractivity contribution in [2.75, 3.05) is 5.75 Å². The number of aromatic nitrogens is 2. The fourth-order valence-corrected chi connectivity index (χ4v) is 3.05. The highest BCUT2D eigenvalue weighted by Gasteiger charge is 2.31. The number of nitrogens with zero attached hydrogens (tertiary/aromatic N) is 2. The van der Waals surface area contributed by atoms with E-state index in [1.54, 1.807) is 0 Å². The lowest BCUT2D eigenvalue weighted by Gasteiger charge is -2.07. The summed E-state index contributed by atoms with van der Waals surface area (Å²) in [5.74, 6) is -0.136. The summed E-state index contributed by atoms with van der Waals surface area (Å²) < 4.78 is 62.7. The second kappa shape index (κ2) is 4.22. The van der Waals surface area contributed by atoms with Crippen LogP contribution in [0.2, 0.25) is 0 Å². The molecule has 0 aliphatic heterocycles. The van der Waals surface area contributed by atoms with E-state index >= 15 is 0 Å². The van der Waals surface area contributed by atoms with Crippen LogP contribution in [0, 0.1) is 6.92 Å². The Hall–Kier alpha value is -1.57. The quantitative estimate of drug-likeness (QED) is 0.854. The normalized spacial score (nSPS) is 13.1. The average Bonchev–Trinajstić information content (AvgIpc) is 2.63. The molecule has 0 amide bonds. The van der Waals surface area contributed by atoms with Crippen molar-refractivity contribution in [2.45, 2.75) is 25.0 Å². The van der Waals surface area contributed by atoms with Crippen LogP contribution in [0.4, 0.5) is 13.2 Å². The van der Waals surface area contributed by atoms with E-state index in [0.717, 1.165) is 18.3 Å². The zero-order chi connectivity index (χ0) is 14.4. The fourth-order valence-electron chi connectivity index (χ4n) is 1.83. The molecule has 0 radical (unpaired) electrons. The van der Waals surface area contributed by atoms with Crippen LogP contribution in [-0.4, -0.2) is 23.6 Å². The fraction of sp³-hybridized carbons (Fsp3) is 0.364. The first-order valence-electron chi connectivity index (χ1n) is 5.45. The predicted octanol–water partition coefficient (Wildman–Crippen LogP) is 2.46. The minimum atomic E-state index is -4.48. The van der Waals surface area contributed by atoms with Crippen molar-refractivity contribution in [3.8, 4) is 0 Å². The Morgan fingerprint density at radius 1 is 1.37 bits per heavy atom. The summed E-state index contributed by atoms with van der Waals surface area (Å²) in [7, 11) is -3.54. The highest BCUT2D eigenvalue weighted by Crippen LogP contribution is 2.30. The maximum absolute atomic E-state index is 12.6. The monoisotopic (exact) mass is 292 g/mol. The number of hydrogen-bond donors (Lipinski definition) is 0. The molecule has 0 bridgehead atoms. The standard InChI is InChI=1S/C11H11F3N2O2S/c1-3-19(17,18)10-7(2)15-9-6-8(11(12,13)14)4-5-16(9)10/h4-6H,3H2,1-2H3. The van der Waals surface area contributed by atoms with Gasteiger partial charge in [-0.05, 0) is 19.1 Å². The molecule has 0 spiro atoms. The Kier molecular flexibility index (Phi) is 3.08. The Bertz CT molecular complexity index is 732. The summed E-state index contributed by atoms with van der Waals surface area (Å²) in [5.41, 5.74) is -0.689. The SMILES string of the molecule is CCS(=O)(=O)c1c(C)nc2cc(C(F)(F)F)ccn12. The third-order valence-electron chi connectivity index (χ3n) is 2.75. The van der Waals surface area contributed by atoms with Gasteiger partial charge >= 0.3 is 6.18 Å². The van der Waals surface area contributed by atoms with E-state index < -0.39 is 21.6 Å². The van der Waals surface area contributed by atoms with Gasteiger partial charge in [-0.1, -0.05) is 6.92 Å². The lowest BCUT2D eigenvalue weighted by molar-refractivity contribution is -0.137. The number of alkyl halides is 3. The van der Waals surface area contributed by atoms with Gasteiger partial charge in [0.15, 0.2) is 14.9 Å². The Morgan fingerprint density at radius 2 is 2.00 bits per heavy atom. The number of hydrogen-bond acceptors (Lipinski definition) is 3. The van der Waals surface area contributed by atoms with Crippen LogP contribution in [0.5, 0.6) is 0 Å². The van der Waals surface area contributed by atoms with Crippen molar-refractivity contribution in [3.63, 3.8) is 0 Å². The minimum Gasteiger partial charge on any atom is -0.290 e. The van der Waals surface area contributed by atoms with Crippen LogP contribution < -0.4 is 0 Å². The third-order valence-corrected chi connectivity index (χ3v) is 4.59. The van der Waals surface area contributed by atoms with E-state index in [1.165, 1.54) is 18.2 Å². The number of sulfone groups is 1. The smallest absolute Gasteiger partial charge is 0.290 e. The van der Waals surface area contributed by atoms with E-state index in [2.05, 4.69) is 4.98 Å². The zero-order valence-electron chi connectivity index (χ0n) is 10.2. The highest BCUT2D eigenvalue weighted by molar-refractivity contribution is 7.91. The second-order valence-corrected chi connectivity index (χ2v) is 6.24. The topological polar surface area (TPSA) is 51.4 Å². The van der Waals surface area contributed by atoms with E-state index in [1.807, 2.05) is 0 Å². The zero-order valence-corrected chi connectivity index (χ0v) is 11.0. The number of rotatable bonds is 2. The molecule has 2 heterocycles. The lowest BCUT2D eigenvalue weighted by Crippen LogP contribution is -2.10. The molecule has 0 aliphatic rings. The molecule has 0 atom stereocenters. The van der Waals surface area contributed by atoms with Gasteiger partial charge in [0.05, 0.1) is 17.0 Å². The van der Waals surface area contributed by atoms with Gasteiger partial charge in [0.1, 0.15) is 5.65 Å². The molecule has 0 N–H and O–H groups in total. The molecule has 0 aromatic carbocycles. The summed E-state index contributed by atoms with van der Waals surface area (Å²) in [5, 5.41) is -0.0567. The first-order chi connectivity index (χ1) is 8.66. The van der Waals surface area contributed by atoms with Crippen LogP contribution in [0.3, 0.4) is 0 Å². The van der Waals surface area contributed by atoms with E-state index in [0.29, 0.717) is 0 Å². The maximum Gasteiger partial charge on any atom is 0.416 e. The molecule has 0 saturated carbocycles. The molecule has 0 fully saturated rings. The van der Waals surface area contributed by atoms with Gasteiger partial charge in [0.25, 0.3) is 0 Å². The molecule has 0 unspecified atom stereocenters. The van der Waals surface area contributed by atoms with Gasteiger partial charge in [0, 0.05) is 6.20 Å². The summed E-state index contributed by atoms with van der Waals surface area (Å²) in [6, 6.07) is 1.67. The first kappa shape index (κ1) is 13.9. The Morgan fingerprint density at radius 3 is 2.53 bits per heavy atom. The predicted molar refractivity (Wildman–Crippen MR) is 62.7 cm³/mol. The van der Waals surface area contributed by atoms with Crippen molar-refractivity contribution >= 4 is 15.5 Å². The van der Waals surface area contributed by atoms with Crippen LogP contribution in [0.15, 0.2) is 23.4 Å². The van der Waals surface area contributed by atoms with E-state index in [9.17, 15) is 21.6 Å². The van der Waals surface area contributed by atoms with Gasteiger partial charge < -0.3 is 0 Å². The Labute approximate surface area is 107 Å². The van der Waals surface area contributed by atoms with Gasteiger partial charge in [-0.15, -0.1) is 0 Å². The average molecular weight is 292 g/mol. The second-order valence-electron chi connectivity index (χ2n) is 4.05. The van der Waals surface area contributed by atoms with Crippen LogP contribution in [0.25, 0.3) is 5.65 Å². The number of imidazole rings is 1. The largest absolute Gasteiger partial charge is 0.416 e. The number of halogens is 3. The maximum atomic E-state index is 12.6.